The summed E-state index contributed by atoms with van der Waals surface area (Å²) < 4.78 is 47.2. The van der Waals surface area contributed by atoms with Gasteiger partial charge >= 0.3 is 29.8 Å². The standard InChI is InChI=1S/C36H35BrO13/c1-20-27(47-33(40)23-13-7-4-8-14-23)29(48-34(41)24-15-9-5-10-16-24)31(49-35(42)25-17-11-6-12-18-25)36(44-20)50-30-28(46-22(3)39)26(45-21(2)38)19-43-32(30)37/h4-18,20,26-32,36H,19H2,1-3H3/t20-,26-,27-,28-,29+,30+,31+,32-,36-/m0/s1. The topological polar surface area (TPSA) is 159 Å². The van der Waals surface area contributed by atoms with Gasteiger partial charge in [-0.3, -0.25) is 9.59 Å². The molecule has 2 saturated heterocycles. The van der Waals surface area contributed by atoms with Crippen LogP contribution in [-0.2, 0) is 47.5 Å². The summed E-state index contributed by atoms with van der Waals surface area (Å²) in [5.41, 5.74) is 0.542. The molecule has 5 rings (SSSR count). The van der Waals surface area contributed by atoms with E-state index in [4.69, 9.17) is 37.9 Å². The second-order valence-corrected chi connectivity index (χ2v) is 12.3. The predicted molar refractivity (Wildman–Crippen MR) is 176 cm³/mol. The van der Waals surface area contributed by atoms with Crippen molar-refractivity contribution in [2.75, 3.05) is 6.61 Å². The fraction of sp³-hybridized carbons (Fsp3) is 0.361. The zero-order chi connectivity index (χ0) is 35.8. The van der Waals surface area contributed by atoms with E-state index in [0.29, 0.717) is 0 Å². The largest absolute Gasteiger partial charge is 0.456 e. The van der Waals surface area contributed by atoms with E-state index in [1.165, 1.54) is 38.1 Å². The van der Waals surface area contributed by atoms with Crippen molar-refractivity contribution in [3.05, 3.63) is 108 Å². The van der Waals surface area contributed by atoms with E-state index >= 15 is 0 Å². The molecule has 0 saturated carbocycles. The van der Waals surface area contributed by atoms with E-state index in [1.807, 2.05) is 0 Å². The van der Waals surface area contributed by atoms with E-state index in [0.717, 1.165) is 0 Å². The Morgan fingerprint density at radius 2 is 1.02 bits per heavy atom. The Balaban J connectivity index is 1.55. The van der Waals surface area contributed by atoms with Crippen LogP contribution < -0.4 is 0 Å². The van der Waals surface area contributed by atoms with E-state index < -0.39 is 83.9 Å². The summed E-state index contributed by atoms with van der Waals surface area (Å²) in [4.78, 5) is 64.6. The quantitative estimate of drug-likeness (QED) is 0.163. The molecule has 50 heavy (non-hydrogen) atoms. The number of halogens is 1. The Labute approximate surface area is 296 Å². The summed E-state index contributed by atoms with van der Waals surface area (Å²) in [5, 5.41) is -0.943. The van der Waals surface area contributed by atoms with Gasteiger partial charge in [-0.15, -0.1) is 0 Å². The fourth-order valence-electron chi connectivity index (χ4n) is 5.48. The maximum atomic E-state index is 13.6. The lowest BCUT2D eigenvalue weighted by molar-refractivity contribution is -0.322. The first-order valence-electron chi connectivity index (χ1n) is 15.7. The normalized spacial score (nSPS) is 27.6. The highest BCUT2D eigenvalue weighted by atomic mass is 79.9. The molecule has 0 aromatic heterocycles. The Kier molecular flexibility index (Phi) is 12.4. The maximum absolute atomic E-state index is 13.6. The van der Waals surface area contributed by atoms with Crippen LogP contribution in [0.2, 0.25) is 0 Å². The molecular formula is C36H35BrO13. The second kappa shape index (κ2) is 16.9. The lowest BCUT2D eigenvalue weighted by atomic mass is 9.98. The highest BCUT2D eigenvalue weighted by Crippen LogP contribution is 2.35. The Morgan fingerprint density at radius 1 is 0.580 bits per heavy atom. The third-order valence-electron chi connectivity index (χ3n) is 7.76. The molecule has 2 aliphatic rings. The molecule has 0 amide bonds. The van der Waals surface area contributed by atoms with Gasteiger partial charge in [0.05, 0.1) is 29.4 Å². The van der Waals surface area contributed by atoms with Gasteiger partial charge in [-0.25, -0.2) is 14.4 Å². The fourth-order valence-corrected chi connectivity index (χ4v) is 6.06. The number of ether oxygens (including phenoxy) is 8. The second-order valence-electron chi connectivity index (χ2n) is 11.4. The van der Waals surface area contributed by atoms with Gasteiger partial charge in [-0.05, 0) is 43.3 Å². The number of carbonyl (C=O) groups is 5. The molecule has 0 aliphatic carbocycles. The van der Waals surface area contributed by atoms with Gasteiger partial charge in [-0.2, -0.15) is 0 Å². The average Bonchev–Trinajstić information content (AvgIpc) is 3.11. The summed E-state index contributed by atoms with van der Waals surface area (Å²) in [6.07, 6.45) is -10.5. The summed E-state index contributed by atoms with van der Waals surface area (Å²) in [5.74, 6) is -3.75. The third-order valence-corrected chi connectivity index (χ3v) is 8.55. The molecule has 264 valence electrons. The summed E-state index contributed by atoms with van der Waals surface area (Å²) in [6.45, 7) is 3.78. The van der Waals surface area contributed by atoms with Gasteiger partial charge < -0.3 is 37.9 Å². The molecule has 14 heteroatoms. The lowest BCUT2D eigenvalue weighted by Crippen LogP contribution is -2.64. The molecule has 2 heterocycles. The highest BCUT2D eigenvalue weighted by Gasteiger charge is 2.55. The minimum Gasteiger partial charge on any atom is -0.456 e. The van der Waals surface area contributed by atoms with Crippen molar-refractivity contribution < 1.29 is 61.9 Å². The van der Waals surface area contributed by atoms with Crippen LogP contribution in [0, 0.1) is 0 Å². The van der Waals surface area contributed by atoms with Gasteiger partial charge in [0.1, 0.15) is 11.1 Å². The number of rotatable bonds is 10. The molecule has 3 aromatic rings. The zero-order valence-corrected chi connectivity index (χ0v) is 28.8. The molecule has 0 unspecified atom stereocenters. The van der Waals surface area contributed by atoms with Gasteiger partial charge in [0.15, 0.2) is 36.8 Å². The molecular weight excluding hydrogens is 720 g/mol. The lowest BCUT2D eigenvalue weighted by Gasteiger charge is -2.46. The van der Waals surface area contributed by atoms with Crippen LogP contribution in [0.1, 0.15) is 51.8 Å². The van der Waals surface area contributed by atoms with Crippen molar-refractivity contribution in [3.8, 4) is 0 Å². The van der Waals surface area contributed by atoms with Crippen LogP contribution in [0.25, 0.3) is 0 Å². The van der Waals surface area contributed by atoms with Crippen molar-refractivity contribution in [3.63, 3.8) is 0 Å². The first-order valence-corrected chi connectivity index (χ1v) is 16.6. The molecule has 0 N–H and O–H groups in total. The minimum absolute atomic E-state index is 0.142. The molecule has 2 aliphatic heterocycles. The number of alkyl halides is 1. The Hall–Kier alpha value is -4.63. The molecule has 2 fully saturated rings. The smallest absolute Gasteiger partial charge is 0.338 e. The number of hydrogen-bond acceptors (Lipinski definition) is 13. The number of carbonyl (C=O) groups excluding carboxylic acids is 5. The van der Waals surface area contributed by atoms with E-state index in [1.54, 1.807) is 73.7 Å². The molecule has 0 bridgehead atoms. The summed E-state index contributed by atoms with van der Waals surface area (Å²) in [7, 11) is 0. The first kappa shape index (κ1) is 36.6. The van der Waals surface area contributed by atoms with Crippen LogP contribution in [0.5, 0.6) is 0 Å². The van der Waals surface area contributed by atoms with Crippen LogP contribution in [0.15, 0.2) is 91.0 Å². The Morgan fingerprint density at radius 3 is 1.48 bits per heavy atom. The van der Waals surface area contributed by atoms with Crippen LogP contribution >= 0.6 is 15.9 Å². The summed E-state index contributed by atoms with van der Waals surface area (Å²) in [6, 6.07) is 24.2. The first-order chi connectivity index (χ1) is 24.0. The SMILES string of the molecule is CC(=O)O[C@@H]1[C@@H](O[C@@H]2O[C@@H](C)[C@H](OC(=O)c3ccccc3)[C@@H](OC(=O)c3ccccc3)[C@H]2OC(=O)c2ccccc2)[C@@H](Br)OC[C@@H]1OC(C)=O. The van der Waals surface area contributed by atoms with Crippen molar-refractivity contribution in [2.45, 2.75) is 74.8 Å². The third kappa shape index (κ3) is 9.13. The van der Waals surface area contributed by atoms with Crippen molar-refractivity contribution in [2.24, 2.45) is 0 Å². The number of hydrogen-bond donors (Lipinski definition) is 0. The van der Waals surface area contributed by atoms with Crippen molar-refractivity contribution in [1.82, 2.24) is 0 Å². The van der Waals surface area contributed by atoms with Crippen LogP contribution in [0.4, 0.5) is 0 Å². The molecule has 0 spiro atoms. The van der Waals surface area contributed by atoms with Gasteiger partial charge in [-0.1, -0.05) is 70.5 Å². The molecule has 13 nitrogen and oxygen atoms in total. The van der Waals surface area contributed by atoms with E-state index in [9.17, 15) is 24.0 Å². The minimum atomic E-state index is -1.58. The average molecular weight is 756 g/mol. The van der Waals surface area contributed by atoms with Crippen LogP contribution in [-0.4, -0.2) is 90.5 Å². The Bertz CT molecular complexity index is 1640. The molecule has 9 atom stereocenters. The number of esters is 5. The predicted octanol–water partition coefficient (Wildman–Crippen LogP) is 4.41. The van der Waals surface area contributed by atoms with Gasteiger partial charge in [0, 0.05) is 13.8 Å². The summed E-state index contributed by atoms with van der Waals surface area (Å²) >= 11 is 3.39. The molecule has 0 radical (unpaired) electrons. The van der Waals surface area contributed by atoms with Crippen molar-refractivity contribution >= 4 is 45.8 Å². The van der Waals surface area contributed by atoms with Crippen molar-refractivity contribution in [1.29, 1.82) is 0 Å². The maximum Gasteiger partial charge on any atom is 0.338 e. The highest BCUT2D eigenvalue weighted by molar-refractivity contribution is 9.09. The van der Waals surface area contributed by atoms with E-state index in [-0.39, 0.29) is 23.3 Å². The van der Waals surface area contributed by atoms with Gasteiger partial charge in [0.2, 0.25) is 0 Å². The zero-order valence-electron chi connectivity index (χ0n) is 27.2. The monoisotopic (exact) mass is 754 g/mol. The number of benzene rings is 3. The van der Waals surface area contributed by atoms with E-state index in [2.05, 4.69) is 15.9 Å². The van der Waals surface area contributed by atoms with Crippen LogP contribution in [0.3, 0.4) is 0 Å². The van der Waals surface area contributed by atoms with Gasteiger partial charge in [0.25, 0.3) is 0 Å². The molecule has 3 aromatic carbocycles.